The molecule has 0 N–H and O–H groups in total. The van der Waals surface area contributed by atoms with Crippen molar-refractivity contribution in [3.63, 3.8) is 0 Å². The maximum absolute atomic E-state index is 11.0. The second-order valence-electron chi connectivity index (χ2n) is 7.54. The minimum Gasteiger partial charge on any atom is -0.413 e. The summed E-state index contributed by atoms with van der Waals surface area (Å²) in [5.41, 5.74) is -0.188. The molecule has 3 atom stereocenters. The van der Waals surface area contributed by atoms with Gasteiger partial charge in [-0.2, -0.15) is 0 Å². The van der Waals surface area contributed by atoms with Crippen LogP contribution in [0, 0.1) is 23.7 Å². The van der Waals surface area contributed by atoms with Crippen molar-refractivity contribution in [2.45, 2.75) is 71.2 Å². The largest absolute Gasteiger partial charge is 0.413 e. The van der Waals surface area contributed by atoms with E-state index in [1.54, 1.807) is 0 Å². The molecule has 108 valence electrons. The van der Waals surface area contributed by atoms with E-state index in [-0.39, 0.29) is 22.5 Å². The van der Waals surface area contributed by atoms with Crippen LogP contribution in [0.15, 0.2) is 0 Å². The molecule has 0 saturated heterocycles. The summed E-state index contributed by atoms with van der Waals surface area (Å²) < 4.78 is 6.55. The van der Waals surface area contributed by atoms with Gasteiger partial charge in [0.25, 0.3) is 0 Å². The summed E-state index contributed by atoms with van der Waals surface area (Å²) in [6.07, 6.45) is 9.22. The lowest BCUT2D eigenvalue weighted by atomic mass is 9.76. The van der Waals surface area contributed by atoms with E-state index in [2.05, 4.69) is 46.7 Å². The highest BCUT2D eigenvalue weighted by atomic mass is 28.4. The molecule has 1 aliphatic rings. The van der Waals surface area contributed by atoms with Gasteiger partial charge in [-0.1, -0.05) is 27.7 Å². The van der Waals surface area contributed by atoms with Crippen molar-refractivity contribution in [3.8, 4) is 12.3 Å². The maximum atomic E-state index is 11.0. The summed E-state index contributed by atoms with van der Waals surface area (Å²) >= 11 is 0. The van der Waals surface area contributed by atoms with Crippen LogP contribution in [0.1, 0.15) is 47.0 Å². The molecule has 0 spiro atoms. The van der Waals surface area contributed by atoms with Gasteiger partial charge in [0.15, 0.2) is 8.32 Å². The Bertz CT molecular complexity index is 375. The third kappa shape index (κ3) is 3.12. The molecular weight excluding hydrogens is 252 g/mol. The summed E-state index contributed by atoms with van der Waals surface area (Å²) in [6, 6.07) is 0. The van der Waals surface area contributed by atoms with E-state index >= 15 is 0 Å². The number of rotatable bonds is 4. The highest BCUT2D eigenvalue weighted by Gasteiger charge is 2.50. The average molecular weight is 280 g/mol. The first-order valence-corrected chi connectivity index (χ1v) is 10.1. The van der Waals surface area contributed by atoms with Gasteiger partial charge in [0.05, 0.1) is 6.10 Å². The predicted molar refractivity (Wildman–Crippen MR) is 82.4 cm³/mol. The predicted octanol–water partition coefficient (Wildman–Crippen LogP) is 4.02. The van der Waals surface area contributed by atoms with Crippen LogP contribution in [-0.4, -0.2) is 20.7 Å². The monoisotopic (exact) mass is 280 g/mol. The molecule has 0 bridgehead atoms. The van der Waals surface area contributed by atoms with Crippen LogP contribution in [-0.2, 0) is 9.22 Å². The highest BCUT2D eigenvalue weighted by Crippen LogP contribution is 2.49. The molecule has 0 amide bonds. The number of carbonyl (C=O) groups is 1. The number of terminal acetylenes is 1. The second kappa shape index (κ2) is 5.42. The van der Waals surface area contributed by atoms with Crippen molar-refractivity contribution in [2.75, 3.05) is 0 Å². The number of carbonyl (C=O) groups excluding carboxylic acids is 1. The summed E-state index contributed by atoms with van der Waals surface area (Å²) in [7, 11) is -1.81. The summed E-state index contributed by atoms with van der Waals surface area (Å²) in [5, 5.41) is 0.184. The molecule has 0 radical (unpaired) electrons. The molecule has 2 nitrogen and oxygen atoms in total. The fourth-order valence-electron chi connectivity index (χ4n) is 2.65. The first-order valence-electron chi connectivity index (χ1n) is 7.16. The molecule has 3 heteroatoms. The molecule has 1 saturated carbocycles. The lowest BCUT2D eigenvalue weighted by molar-refractivity contribution is -0.111. The summed E-state index contributed by atoms with van der Waals surface area (Å²) in [5.74, 6) is 3.03. The Balaban J connectivity index is 2.95. The van der Waals surface area contributed by atoms with E-state index in [4.69, 9.17) is 10.8 Å². The van der Waals surface area contributed by atoms with Gasteiger partial charge in [-0.05, 0) is 31.0 Å². The smallest absolute Gasteiger partial charge is 0.192 e. The van der Waals surface area contributed by atoms with Crippen LogP contribution >= 0.6 is 0 Å². The van der Waals surface area contributed by atoms with Gasteiger partial charge in [0.1, 0.15) is 6.29 Å². The minimum atomic E-state index is -1.81. The van der Waals surface area contributed by atoms with Gasteiger partial charge < -0.3 is 9.22 Å². The van der Waals surface area contributed by atoms with Crippen LogP contribution in [0.3, 0.4) is 0 Å². The third-order valence-electron chi connectivity index (χ3n) is 5.22. The zero-order valence-corrected chi connectivity index (χ0v) is 14.2. The normalized spacial score (nSPS) is 32.1. The van der Waals surface area contributed by atoms with Crippen LogP contribution in [0.5, 0.6) is 0 Å². The van der Waals surface area contributed by atoms with Gasteiger partial charge in [0.2, 0.25) is 0 Å². The van der Waals surface area contributed by atoms with Gasteiger partial charge >= 0.3 is 0 Å². The number of hydrogen-bond acceptors (Lipinski definition) is 2. The topological polar surface area (TPSA) is 26.3 Å². The Labute approximate surface area is 119 Å². The minimum absolute atomic E-state index is 0.125. The molecule has 0 aromatic rings. The van der Waals surface area contributed by atoms with E-state index in [1.165, 1.54) is 0 Å². The lowest BCUT2D eigenvalue weighted by Gasteiger charge is -2.43. The average Bonchev–Trinajstić information content (AvgIpc) is 2.54. The lowest BCUT2D eigenvalue weighted by Crippen LogP contribution is -2.48. The number of aldehydes is 1. The van der Waals surface area contributed by atoms with E-state index in [1.807, 2.05) is 0 Å². The van der Waals surface area contributed by atoms with Crippen molar-refractivity contribution >= 4 is 14.6 Å². The molecule has 0 aromatic carbocycles. The van der Waals surface area contributed by atoms with E-state index in [9.17, 15) is 4.79 Å². The second-order valence-corrected chi connectivity index (χ2v) is 12.3. The van der Waals surface area contributed by atoms with Crippen LogP contribution in [0.4, 0.5) is 0 Å². The van der Waals surface area contributed by atoms with Crippen molar-refractivity contribution < 1.29 is 9.22 Å². The SMILES string of the molecule is C#C[C@@H]1CC[C@H](O[Si](C)(C)C(C)(C)C)[C@@]1(C)CC=O. The van der Waals surface area contributed by atoms with E-state index < -0.39 is 8.32 Å². The van der Waals surface area contributed by atoms with Crippen molar-refractivity contribution in [2.24, 2.45) is 11.3 Å². The Morgan fingerprint density at radius 1 is 1.42 bits per heavy atom. The van der Waals surface area contributed by atoms with Crippen molar-refractivity contribution in [3.05, 3.63) is 0 Å². The van der Waals surface area contributed by atoms with Crippen LogP contribution < -0.4 is 0 Å². The first kappa shape index (κ1) is 16.5. The molecule has 0 aromatic heterocycles. The fourth-order valence-corrected chi connectivity index (χ4v) is 4.11. The molecule has 1 aliphatic carbocycles. The zero-order chi connectivity index (χ0) is 14.9. The van der Waals surface area contributed by atoms with Crippen LogP contribution in [0.25, 0.3) is 0 Å². The Morgan fingerprint density at radius 2 is 2.00 bits per heavy atom. The first-order chi connectivity index (χ1) is 8.58. The molecular formula is C16H28O2Si. The molecule has 0 unspecified atom stereocenters. The molecule has 1 fully saturated rings. The number of hydrogen-bond donors (Lipinski definition) is 0. The molecule has 0 heterocycles. The molecule has 19 heavy (non-hydrogen) atoms. The van der Waals surface area contributed by atoms with Gasteiger partial charge in [-0.15, -0.1) is 12.3 Å². The summed E-state index contributed by atoms with van der Waals surface area (Å²) in [4.78, 5) is 11.0. The Kier molecular flexibility index (Phi) is 4.69. The van der Waals surface area contributed by atoms with Gasteiger partial charge in [0, 0.05) is 17.8 Å². The van der Waals surface area contributed by atoms with Gasteiger partial charge in [-0.25, -0.2) is 0 Å². The Hall–Kier alpha value is -0.593. The highest BCUT2D eigenvalue weighted by molar-refractivity contribution is 6.74. The standard InChI is InChI=1S/C16H28O2Si/c1-8-13-9-10-14(16(13,5)11-12-17)18-19(6,7)15(2,3)4/h1,12-14H,9-11H2,2-7H3/t13-,14+,16+/m1/s1. The zero-order valence-electron chi connectivity index (χ0n) is 13.2. The van der Waals surface area contributed by atoms with Crippen molar-refractivity contribution in [1.82, 2.24) is 0 Å². The third-order valence-corrected chi connectivity index (χ3v) is 9.70. The summed E-state index contributed by atoms with van der Waals surface area (Å²) in [6.45, 7) is 13.4. The quantitative estimate of drug-likeness (QED) is 0.442. The van der Waals surface area contributed by atoms with Gasteiger partial charge in [-0.3, -0.25) is 0 Å². The maximum Gasteiger partial charge on any atom is 0.192 e. The van der Waals surface area contributed by atoms with Crippen molar-refractivity contribution in [1.29, 1.82) is 0 Å². The Morgan fingerprint density at radius 3 is 2.42 bits per heavy atom. The molecule has 0 aliphatic heterocycles. The van der Waals surface area contributed by atoms with E-state index in [0.29, 0.717) is 6.42 Å². The fraction of sp³-hybridized carbons (Fsp3) is 0.812. The van der Waals surface area contributed by atoms with E-state index in [0.717, 1.165) is 19.1 Å². The van der Waals surface area contributed by atoms with Crippen LogP contribution in [0.2, 0.25) is 18.1 Å². The molecule has 1 rings (SSSR count).